The summed E-state index contributed by atoms with van der Waals surface area (Å²) in [5.74, 6) is 1.38. The number of methoxy groups -OCH3 is 1. The average molecular weight is 375 g/mol. The molecule has 3 rings (SSSR count). The van der Waals surface area contributed by atoms with Crippen LogP contribution in [0, 0.1) is 5.41 Å². The Bertz CT molecular complexity index is 548. The Morgan fingerprint density at radius 1 is 1.25 bits per heavy atom. The van der Waals surface area contributed by atoms with Crippen molar-refractivity contribution >= 4 is 24.0 Å². The molecule has 2 aliphatic rings. The molecular weight excluding hydrogens is 347 g/mol. The topological polar surface area (TPSA) is 33.7 Å². The third kappa shape index (κ3) is 4.29. The van der Waals surface area contributed by atoms with Gasteiger partial charge in [0, 0.05) is 13.1 Å². The zero-order valence-corrected chi connectivity index (χ0v) is 16.1. The number of hydrogen-bond acceptors (Lipinski definition) is 4. The Morgan fingerprint density at radius 2 is 2.00 bits per heavy atom. The lowest BCUT2D eigenvalue weighted by atomic mass is 9.78. The van der Waals surface area contributed by atoms with E-state index in [1.165, 1.54) is 37.9 Å². The predicted octanol–water partition coefficient (Wildman–Crippen LogP) is 3.74. The number of benzene rings is 1. The fourth-order valence-electron chi connectivity index (χ4n) is 3.94. The van der Waals surface area contributed by atoms with Gasteiger partial charge in [0.15, 0.2) is 11.5 Å². The molecule has 1 spiro atoms. The molecule has 6 heteroatoms. The molecule has 2 aliphatic heterocycles. The highest BCUT2D eigenvalue weighted by molar-refractivity contribution is 6.32. The minimum Gasteiger partial charge on any atom is -0.493 e. The lowest BCUT2D eigenvalue weighted by Crippen LogP contribution is -2.38. The van der Waals surface area contributed by atoms with Crippen LogP contribution in [0.5, 0.6) is 11.5 Å². The van der Waals surface area contributed by atoms with Crippen LogP contribution in [0.2, 0.25) is 5.02 Å². The third-order valence-corrected chi connectivity index (χ3v) is 5.45. The molecule has 0 amide bonds. The lowest BCUT2D eigenvalue weighted by Gasteiger charge is -2.34. The van der Waals surface area contributed by atoms with Gasteiger partial charge in [-0.15, -0.1) is 12.4 Å². The molecular formula is C18H28Cl2N2O2. The monoisotopic (exact) mass is 374 g/mol. The second-order valence-corrected chi connectivity index (χ2v) is 7.16. The maximum Gasteiger partial charge on any atom is 0.179 e. The van der Waals surface area contributed by atoms with Crippen molar-refractivity contribution in [3.05, 3.63) is 22.7 Å². The average Bonchev–Trinajstić information content (AvgIpc) is 2.92. The van der Waals surface area contributed by atoms with Gasteiger partial charge < -0.3 is 14.8 Å². The van der Waals surface area contributed by atoms with Crippen molar-refractivity contribution in [1.29, 1.82) is 0 Å². The van der Waals surface area contributed by atoms with Gasteiger partial charge in [0.1, 0.15) is 0 Å². The molecule has 2 fully saturated rings. The van der Waals surface area contributed by atoms with E-state index in [-0.39, 0.29) is 12.4 Å². The summed E-state index contributed by atoms with van der Waals surface area (Å²) in [5, 5.41) is 4.11. The van der Waals surface area contributed by atoms with Crippen LogP contribution in [0.1, 0.15) is 31.7 Å². The molecule has 0 atom stereocenters. The first kappa shape index (κ1) is 19.6. The summed E-state index contributed by atoms with van der Waals surface area (Å²) in [5.41, 5.74) is 1.73. The van der Waals surface area contributed by atoms with Gasteiger partial charge in [-0.25, -0.2) is 0 Å². The Morgan fingerprint density at radius 3 is 2.67 bits per heavy atom. The highest BCUT2D eigenvalue weighted by Crippen LogP contribution is 2.40. The van der Waals surface area contributed by atoms with Gasteiger partial charge in [0.25, 0.3) is 0 Å². The predicted molar refractivity (Wildman–Crippen MR) is 101 cm³/mol. The molecule has 0 bridgehead atoms. The van der Waals surface area contributed by atoms with Gasteiger partial charge in [-0.1, -0.05) is 11.6 Å². The number of nitrogens with zero attached hydrogens (tertiary/aromatic N) is 1. The number of hydrogen-bond donors (Lipinski definition) is 1. The van der Waals surface area contributed by atoms with Crippen molar-refractivity contribution in [2.75, 3.05) is 39.9 Å². The molecule has 1 N–H and O–H groups in total. The summed E-state index contributed by atoms with van der Waals surface area (Å²) in [7, 11) is 1.66. The van der Waals surface area contributed by atoms with Gasteiger partial charge in [0.05, 0.1) is 18.7 Å². The first-order chi connectivity index (χ1) is 11.2. The smallest absolute Gasteiger partial charge is 0.179 e. The van der Waals surface area contributed by atoms with E-state index in [9.17, 15) is 0 Å². The maximum absolute atomic E-state index is 6.39. The number of ether oxygens (including phenoxy) is 2. The fourth-order valence-corrected chi connectivity index (χ4v) is 4.22. The second kappa shape index (κ2) is 8.61. The fraction of sp³-hybridized carbons (Fsp3) is 0.667. The van der Waals surface area contributed by atoms with Crippen LogP contribution >= 0.6 is 24.0 Å². The van der Waals surface area contributed by atoms with E-state index in [2.05, 4.69) is 16.3 Å². The third-order valence-electron chi connectivity index (χ3n) is 5.17. The van der Waals surface area contributed by atoms with Gasteiger partial charge in [-0.05, 0) is 68.9 Å². The second-order valence-electron chi connectivity index (χ2n) is 6.75. The Labute approximate surface area is 156 Å². The van der Waals surface area contributed by atoms with E-state index in [1.807, 2.05) is 13.0 Å². The lowest BCUT2D eigenvalue weighted by molar-refractivity contribution is 0.194. The van der Waals surface area contributed by atoms with Crippen LogP contribution < -0.4 is 14.8 Å². The van der Waals surface area contributed by atoms with Crippen LogP contribution in [-0.4, -0.2) is 44.8 Å². The Balaban J connectivity index is 0.00000208. The van der Waals surface area contributed by atoms with Gasteiger partial charge in [0.2, 0.25) is 0 Å². The van der Waals surface area contributed by atoms with Crippen LogP contribution in [-0.2, 0) is 6.54 Å². The molecule has 4 nitrogen and oxygen atoms in total. The van der Waals surface area contributed by atoms with Crippen molar-refractivity contribution in [2.45, 2.75) is 32.7 Å². The number of likely N-dealkylation sites (tertiary alicyclic amines) is 1. The van der Waals surface area contributed by atoms with Crippen molar-refractivity contribution in [3.8, 4) is 11.5 Å². The summed E-state index contributed by atoms with van der Waals surface area (Å²) in [6.45, 7) is 8.16. The summed E-state index contributed by atoms with van der Waals surface area (Å²) in [4.78, 5) is 2.55. The molecule has 2 heterocycles. The molecule has 0 aromatic heterocycles. The maximum atomic E-state index is 6.39. The number of rotatable bonds is 5. The first-order valence-corrected chi connectivity index (χ1v) is 8.96. The van der Waals surface area contributed by atoms with Crippen LogP contribution in [0.15, 0.2) is 12.1 Å². The minimum absolute atomic E-state index is 0. The SMILES string of the molecule is CCOc1c(Cl)cc(CN2CCC3(CCNCC3)C2)cc1OC.Cl. The number of halogens is 2. The number of piperidine rings is 1. The molecule has 2 saturated heterocycles. The van der Waals surface area contributed by atoms with Crippen LogP contribution in [0.25, 0.3) is 0 Å². The molecule has 0 unspecified atom stereocenters. The highest BCUT2D eigenvalue weighted by Gasteiger charge is 2.38. The highest BCUT2D eigenvalue weighted by atomic mass is 35.5. The molecule has 0 saturated carbocycles. The van der Waals surface area contributed by atoms with E-state index in [1.54, 1.807) is 7.11 Å². The summed E-state index contributed by atoms with van der Waals surface area (Å²) < 4.78 is 11.1. The van der Waals surface area contributed by atoms with E-state index in [0.29, 0.717) is 22.8 Å². The Hall–Kier alpha value is -0.680. The van der Waals surface area contributed by atoms with Gasteiger partial charge in [-0.3, -0.25) is 4.90 Å². The van der Waals surface area contributed by atoms with Crippen LogP contribution in [0.3, 0.4) is 0 Å². The van der Waals surface area contributed by atoms with E-state index >= 15 is 0 Å². The zero-order valence-electron chi connectivity index (χ0n) is 14.6. The Kier molecular flexibility index (Phi) is 7.05. The summed E-state index contributed by atoms with van der Waals surface area (Å²) in [6.07, 6.45) is 3.92. The van der Waals surface area contributed by atoms with Gasteiger partial charge in [-0.2, -0.15) is 0 Å². The number of nitrogens with one attached hydrogen (secondary N) is 1. The van der Waals surface area contributed by atoms with Crippen molar-refractivity contribution in [2.24, 2.45) is 5.41 Å². The molecule has 1 aromatic rings. The molecule has 24 heavy (non-hydrogen) atoms. The van der Waals surface area contributed by atoms with Crippen molar-refractivity contribution < 1.29 is 9.47 Å². The van der Waals surface area contributed by atoms with E-state index in [0.717, 1.165) is 25.4 Å². The molecule has 0 radical (unpaired) electrons. The molecule has 1 aromatic carbocycles. The zero-order chi connectivity index (χ0) is 16.3. The summed E-state index contributed by atoms with van der Waals surface area (Å²) in [6, 6.07) is 4.08. The quantitative estimate of drug-likeness (QED) is 0.850. The molecule has 0 aliphatic carbocycles. The normalized spacial score (nSPS) is 20.0. The van der Waals surface area contributed by atoms with Crippen molar-refractivity contribution in [3.63, 3.8) is 0 Å². The summed E-state index contributed by atoms with van der Waals surface area (Å²) >= 11 is 6.39. The van der Waals surface area contributed by atoms with Gasteiger partial charge >= 0.3 is 0 Å². The largest absolute Gasteiger partial charge is 0.493 e. The molecule has 136 valence electrons. The van der Waals surface area contributed by atoms with E-state index in [4.69, 9.17) is 21.1 Å². The first-order valence-electron chi connectivity index (χ1n) is 8.58. The standard InChI is InChI=1S/C18H27ClN2O2.ClH/c1-3-23-17-15(19)10-14(11-16(17)22-2)12-21-9-6-18(13-21)4-7-20-8-5-18;/h10-11,20H,3-9,12-13H2,1-2H3;1H. The van der Waals surface area contributed by atoms with Crippen LogP contribution in [0.4, 0.5) is 0 Å². The minimum atomic E-state index is 0. The van der Waals surface area contributed by atoms with E-state index < -0.39 is 0 Å². The van der Waals surface area contributed by atoms with Crippen molar-refractivity contribution in [1.82, 2.24) is 10.2 Å².